The molecule has 0 aliphatic rings. The number of nitrogens with zero attached hydrogens (tertiary/aromatic N) is 2. The minimum atomic E-state index is -0.101. The number of aromatic nitrogens is 2. The van der Waals surface area contributed by atoms with Gasteiger partial charge in [-0.3, -0.25) is 0 Å². The highest BCUT2D eigenvalue weighted by Crippen LogP contribution is 2.13. The number of rotatable bonds is 2. The van der Waals surface area contributed by atoms with Crippen molar-refractivity contribution < 1.29 is 5.11 Å². The summed E-state index contributed by atoms with van der Waals surface area (Å²) in [5.74, 6) is 0. The summed E-state index contributed by atoms with van der Waals surface area (Å²) < 4.78 is 0. The maximum absolute atomic E-state index is 8.72. The summed E-state index contributed by atoms with van der Waals surface area (Å²) in [7, 11) is 0. The van der Waals surface area contributed by atoms with Gasteiger partial charge in [0.1, 0.15) is 5.15 Å². The fourth-order valence-electron chi connectivity index (χ4n) is 0.614. The molecule has 0 radical (unpaired) electrons. The van der Waals surface area contributed by atoms with Crippen molar-refractivity contribution in [3.05, 3.63) is 16.9 Å². The molecule has 0 aliphatic heterocycles. The molecule has 1 aromatic rings. The van der Waals surface area contributed by atoms with Gasteiger partial charge in [0.25, 0.3) is 0 Å². The lowest BCUT2D eigenvalue weighted by Crippen LogP contribution is -1.93. The van der Waals surface area contributed by atoms with E-state index in [4.69, 9.17) is 16.7 Å². The van der Waals surface area contributed by atoms with Crippen LogP contribution in [0.25, 0.3) is 0 Å². The van der Waals surface area contributed by atoms with E-state index in [0.717, 1.165) is 0 Å². The van der Waals surface area contributed by atoms with E-state index < -0.39 is 0 Å². The minimum absolute atomic E-state index is 0.101. The maximum atomic E-state index is 8.72. The third-order valence-corrected chi connectivity index (χ3v) is 1.81. The van der Waals surface area contributed by atoms with Crippen molar-refractivity contribution >= 4 is 23.4 Å². The van der Waals surface area contributed by atoms with Gasteiger partial charge >= 0.3 is 0 Å². The zero-order valence-corrected chi connectivity index (χ0v) is 7.48. The second kappa shape index (κ2) is 3.90. The molecule has 0 atom stereocenters. The van der Waals surface area contributed by atoms with E-state index in [9.17, 15) is 0 Å². The molecule has 3 nitrogen and oxygen atoms in total. The molecule has 1 N–H and O–H groups in total. The summed E-state index contributed by atoms with van der Waals surface area (Å²) >= 11 is 7.03. The maximum Gasteiger partial charge on any atom is 0.189 e. The van der Waals surface area contributed by atoms with Crippen molar-refractivity contribution in [1.82, 2.24) is 9.97 Å². The van der Waals surface area contributed by atoms with Gasteiger partial charge in [-0.1, -0.05) is 23.4 Å². The van der Waals surface area contributed by atoms with Crippen LogP contribution in [0, 0.1) is 0 Å². The standard InChI is InChI=1S/C6H7ClN2OS/c1-11-6-8-4(3-10)2-5(7)9-6/h2,10H,3H2,1H3. The first kappa shape index (κ1) is 8.77. The third kappa shape index (κ3) is 2.32. The molecule has 0 fully saturated rings. The second-order valence-electron chi connectivity index (χ2n) is 1.83. The molecule has 11 heavy (non-hydrogen) atoms. The summed E-state index contributed by atoms with van der Waals surface area (Å²) in [5.41, 5.74) is 0.550. The highest BCUT2D eigenvalue weighted by Gasteiger charge is 1.99. The van der Waals surface area contributed by atoms with E-state index in [1.807, 2.05) is 6.26 Å². The van der Waals surface area contributed by atoms with E-state index in [1.165, 1.54) is 11.8 Å². The molecule has 5 heteroatoms. The number of hydrogen-bond donors (Lipinski definition) is 1. The molecule has 0 saturated heterocycles. The molecule has 0 spiro atoms. The topological polar surface area (TPSA) is 46.0 Å². The van der Waals surface area contributed by atoms with Crippen LogP contribution in [0.3, 0.4) is 0 Å². The number of aliphatic hydroxyl groups is 1. The SMILES string of the molecule is CSc1nc(Cl)cc(CO)n1. The molecule has 0 unspecified atom stereocenters. The van der Waals surface area contributed by atoms with Crippen LogP contribution in [0.15, 0.2) is 11.2 Å². The Morgan fingerprint density at radius 3 is 2.91 bits per heavy atom. The zero-order valence-electron chi connectivity index (χ0n) is 5.91. The molecular weight excluding hydrogens is 184 g/mol. The van der Waals surface area contributed by atoms with Gasteiger partial charge in [0.15, 0.2) is 5.16 Å². The average molecular weight is 191 g/mol. The molecule has 1 aromatic heterocycles. The van der Waals surface area contributed by atoms with Crippen molar-refractivity contribution in [3.8, 4) is 0 Å². The van der Waals surface area contributed by atoms with Gasteiger partial charge in [-0.25, -0.2) is 9.97 Å². The number of halogens is 1. The summed E-state index contributed by atoms with van der Waals surface area (Å²) in [6, 6.07) is 1.54. The smallest absolute Gasteiger partial charge is 0.189 e. The predicted octanol–water partition coefficient (Wildman–Crippen LogP) is 1.34. The predicted molar refractivity (Wildman–Crippen MR) is 44.7 cm³/mol. The molecule has 0 amide bonds. The van der Waals surface area contributed by atoms with Crippen LogP contribution in [-0.2, 0) is 6.61 Å². The first-order valence-electron chi connectivity index (χ1n) is 2.94. The molecule has 1 heterocycles. The van der Waals surface area contributed by atoms with Gasteiger partial charge in [-0.05, 0) is 12.3 Å². The number of aliphatic hydroxyl groups excluding tert-OH is 1. The lowest BCUT2D eigenvalue weighted by molar-refractivity contribution is 0.275. The average Bonchev–Trinajstić information content (AvgIpc) is 2.03. The van der Waals surface area contributed by atoms with E-state index in [-0.39, 0.29) is 6.61 Å². The van der Waals surface area contributed by atoms with Crippen LogP contribution < -0.4 is 0 Å². The van der Waals surface area contributed by atoms with Crippen molar-refractivity contribution in [2.45, 2.75) is 11.8 Å². The van der Waals surface area contributed by atoms with Gasteiger partial charge in [-0.15, -0.1) is 0 Å². The Kier molecular flexibility index (Phi) is 3.11. The molecule has 0 saturated carbocycles. The Balaban J connectivity index is 3.02. The zero-order chi connectivity index (χ0) is 8.27. The molecule has 0 bridgehead atoms. The van der Waals surface area contributed by atoms with Gasteiger partial charge in [0, 0.05) is 0 Å². The van der Waals surface area contributed by atoms with Crippen molar-refractivity contribution in [3.63, 3.8) is 0 Å². The van der Waals surface area contributed by atoms with Crippen LogP contribution in [0.5, 0.6) is 0 Å². The number of thioether (sulfide) groups is 1. The fraction of sp³-hybridized carbons (Fsp3) is 0.333. The normalized spacial score (nSPS) is 10.1. The second-order valence-corrected chi connectivity index (χ2v) is 2.99. The highest BCUT2D eigenvalue weighted by molar-refractivity contribution is 7.98. The van der Waals surface area contributed by atoms with Crippen molar-refractivity contribution in [1.29, 1.82) is 0 Å². The first-order valence-corrected chi connectivity index (χ1v) is 4.55. The van der Waals surface area contributed by atoms with E-state index in [2.05, 4.69) is 9.97 Å². The monoisotopic (exact) mass is 190 g/mol. The largest absolute Gasteiger partial charge is 0.390 e. The Morgan fingerprint density at radius 1 is 1.64 bits per heavy atom. The molecule has 1 rings (SSSR count). The van der Waals surface area contributed by atoms with Crippen LogP contribution in [0.1, 0.15) is 5.69 Å². The quantitative estimate of drug-likeness (QED) is 0.435. The first-order chi connectivity index (χ1) is 5.26. The van der Waals surface area contributed by atoms with E-state index >= 15 is 0 Å². The Bertz CT molecular complexity index is 234. The van der Waals surface area contributed by atoms with E-state index in [1.54, 1.807) is 6.07 Å². The van der Waals surface area contributed by atoms with Crippen LogP contribution >= 0.6 is 23.4 Å². The van der Waals surface area contributed by atoms with E-state index in [0.29, 0.717) is 16.0 Å². The van der Waals surface area contributed by atoms with Crippen molar-refractivity contribution in [2.75, 3.05) is 6.26 Å². The summed E-state index contributed by atoms with van der Waals surface area (Å²) in [6.45, 7) is -0.101. The molecule has 0 aliphatic carbocycles. The van der Waals surface area contributed by atoms with Gasteiger partial charge in [0.2, 0.25) is 0 Å². The van der Waals surface area contributed by atoms with Crippen molar-refractivity contribution in [2.24, 2.45) is 0 Å². The Morgan fingerprint density at radius 2 is 2.36 bits per heavy atom. The van der Waals surface area contributed by atoms with Crippen LogP contribution in [-0.4, -0.2) is 21.3 Å². The lowest BCUT2D eigenvalue weighted by atomic mass is 10.4. The van der Waals surface area contributed by atoms with Crippen LogP contribution in [0.2, 0.25) is 5.15 Å². The summed E-state index contributed by atoms with van der Waals surface area (Å²) in [5, 5.41) is 9.68. The lowest BCUT2D eigenvalue weighted by Gasteiger charge is -1.98. The summed E-state index contributed by atoms with van der Waals surface area (Å²) in [6.07, 6.45) is 1.85. The van der Waals surface area contributed by atoms with Gasteiger partial charge in [0.05, 0.1) is 12.3 Å². The Labute approximate surface area is 73.8 Å². The molecule has 60 valence electrons. The summed E-state index contributed by atoms with van der Waals surface area (Å²) in [4.78, 5) is 7.89. The van der Waals surface area contributed by atoms with Gasteiger partial charge < -0.3 is 5.11 Å². The number of hydrogen-bond acceptors (Lipinski definition) is 4. The van der Waals surface area contributed by atoms with Gasteiger partial charge in [-0.2, -0.15) is 0 Å². The highest BCUT2D eigenvalue weighted by atomic mass is 35.5. The third-order valence-electron chi connectivity index (χ3n) is 1.07. The van der Waals surface area contributed by atoms with Crippen LogP contribution in [0.4, 0.5) is 0 Å². The fourth-order valence-corrected chi connectivity index (χ4v) is 1.27. The molecular formula is C6H7ClN2OS. The minimum Gasteiger partial charge on any atom is -0.390 e. The molecule has 0 aromatic carbocycles. The Hall–Kier alpha value is -0.320.